The number of aldehydes is 1. The van der Waals surface area contributed by atoms with Gasteiger partial charge in [0.2, 0.25) is 5.91 Å². The molecule has 2 aliphatic rings. The third kappa shape index (κ3) is 6.91. The van der Waals surface area contributed by atoms with Crippen LogP contribution in [0, 0.1) is 0 Å². The first kappa shape index (κ1) is 24.0. The van der Waals surface area contributed by atoms with Crippen molar-refractivity contribution >= 4 is 18.0 Å². The molecule has 5 nitrogen and oxygen atoms in total. The number of likely N-dealkylation sites (tertiary alicyclic amines) is 1. The van der Waals surface area contributed by atoms with Crippen molar-refractivity contribution in [2.45, 2.75) is 121 Å². The van der Waals surface area contributed by atoms with Gasteiger partial charge in [-0.2, -0.15) is 0 Å². The molecule has 2 heterocycles. The molecule has 5 heteroatoms. The Hall–Kier alpha value is -1.23. The Morgan fingerprint density at radius 3 is 2.14 bits per heavy atom. The number of carbonyl (C=O) groups excluding carboxylic acids is 3. The summed E-state index contributed by atoms with van der Waals surface area (Å²) in [6.45, 7) is 3.61. The zero-order chi connectivity index (χ0) is 21.0. The van der Waals surface area contributed by atoms with Crippen LogP contribution in [0.15, 0.2) is 0 Å². The monoisotopic (exact) mass is 406 g/mol. The maximum absolute atomic E-state index is 12.9. The number of hydrogen-bond acceptors (Lipinski definition) is 4. The molecule has 0 aromatic rings. The molecule has 0 aromatic heterocycles. The number of ketones is 1. The van der Waals surface area contributed by atoms with Crippen LogP contribution in [0.1, 0.15) is 110 Å². The van der Waals surface area contributed by atoms with Gasteiger partial charge in [0.1, 0.15) is 0 Å². The van der Waals surface area contributed by atoms with Crippen LogP contribution in [0.3, 0.4) is 0 Å². The van der Waals surface area contributed by atoms with E-state index in [4.69, 9.17) is 0 Å². The summed E-state index contributed by atoms with van der Waals surface area (Å²) in [5.41, 5.74) is -1.19. The lowest BCUT2D eigenvalue weighted by Crippen LogP contribution is -2.58. The van der Waals surface area contributed by atoms with Crippen molar-refractivity contribution in [2.75, 3.05) is 13.1 Å². The maximum atomic E-state index is 12.9. The average Bonchev–Trinajstić information content (AvgIpc) is 3.42. The molecule has 0 unspecified atom stereocenters. The first-order valence-corrected chi connectivity index (χ1v) is 12.2. The Kier molecular flexibility index (Phi) is 10.9. The molecule has 29 heavy (non-hydrogen) atoms. The summed E-state index contributed by atoms with van der Waals surface area (Å²) in [6, 6.07) is -0.220. The highest BCUT2D eigenvalue weighted by atomic mass is 16.2. The predicted molar refractivity (Wildman–Crippen MR) is 117 cm³/mol. The summed E-state index contributed by atoms with van der Waals surface area (Å²) in [6.07, 6.45) is 17.8. The van der Waals surface area contributed by atoms with E-state index in [9.17, 15) is 14.4 Å². The Morgan fingerprint density at radius 2 is 1.59 bits per heavy atom. The Labute approximate surface area is 177 Å². The molecule has 0 aliphatic carbocycles. The van der Waals surface area contributed by atoms with Crippen molar-refractivity contribution in [1.82, 2.24) is 10.2 Å². The van der Waals surface area contributed by atoms with Crippen LogP contribution in [0.4, 0.5) is 0 Å². The van der Waals surface area contributed by atoms with Gasteiger partial charge in [-0.05, 0) is 38.6 Å². The van der Waals surface area contributed by atoms with Crippen LogP contribution in [0.25, 0.3) is 0 Å². The molecule has 0 aromatic carbocycles. The van der Waals surface area contributed by atoms with Crippen LogP contribution >= 0.6 is 0 Å². The summed E-state index contributed by atoms with van der Waals surface area (Å²) >= 11 is 0. The highest BCUT2D eigenvalue weighted by Gasteiger charge is 2.50. The minimum atomic E-state index is -1.19. The molecule has 0 spiro atoms. The number of Topliss-reactive ketones (excluding diaryl/α,β-unsaturated/α-hetero) is 1. The fourth-order valence-corrected chi connectivity index (χ4v) is 4.88. The highest BCUT2D eigenvalue weighted by molar-refractivity contribution is 6.06. The van der Waals surface area contributed by atoms with E-state index in [-0.39, 0.29) is 17.7 Å². The zero-order valence-electron chi connectivity index (χ0n) is 18.6. The molecule has 1 N–H and O–H groups in total. The number of hydrogen-bond donors (Lipinski definition) is 1. The second kappa shape index (κ2) is 13.1. The smallest absolute Gasteiger partial charge is 0.240 e. The zero-order valence-corrected chi connectivity index (χ0v) is 18.6. The molecule has 2 rings (SSSR count). The third-order valence-electron chi connectivity index (χ3n) is 6.73. The first-order valence-electron chi connectivity index (χ1n) is 12.2. The molecule has 2 fully saturated rings. The van der Waals surface area contributed by atoms with Gasteiger partial charge in [0.15, 0.2) is 17.6 Å². The Balaban J connectivity index is 1.66. The second-order valence-corrected chi connectivity index (χ2v) is 8.99. The lowest BCUT2D eigenvalue weighted by molar-refractivity contribution is -0.148. The molecule has 166 valence electrons. The quantitative estimate of drug-likeness (QED) is 0.246. The maximum Gasteiger partial charge on any atom is 0.240 e. The van der Waals surface area contributed by atoms with Crippen molar-refractivity contribution in [3.63, 3.8) is 0 Å². The van der Waals surface area contributed by atoms with Gasteiger partial charge in [0, 0.05) is 13.0 Å². The minimum Gasteiger partial charge on any atom is -0.322 e. The highest BCUT2D eigenvalue weighted by Crippen LogP contribution is 2.32. The van der Waals surface area contributed by atoms with Crippen molar-refractivity contribution < 1.29 is 14.4 Å². The molecule has 2 atom stereocenters. The molecule has 1 amide bonds. The van der Waals surface area contributed by atoms with Gasteiger partial charge in [-0.15, -0.1) is 0 Å². The van der Waals surface area contributed by atoms with Crippen LogP contribution in [-0.4, -0.2) is 47.5 Å². The van der Waals surface area contributed by atoms with Crippen LogP contribution in [0.5, 0.6) is 0 Å². The summed E-state index contributed by atoms with van der Waals surface area (Å²) < 4.78 is 0. The average molecular weight is 407 g/mol. The molecule has 2 aliphatic heterocycles. The molecule has 0 saturated carbocycles. The van der Waals surface area contributed by atoms with E-state index in [2.05, 4.69) is 12.2 Å². The minimum absolute atomic E-state index is 0.0488. The summed E-state index contributed by atoms with van der Waals surface area (Å²) in [5.74, 6) is -0.105. The third-order valence-corrected chi connectivity index (χ3v) is 6.73. The molecule has 0 bridgehead atoms. The van der Waals surface area contributed by atoms with Gasteiger partial charge in [-0.1, -0.05) is 71.1 Å². The number of amides is 1. The van der Waals surface area contributed by atoms with Crippen molar-refractivity contribution in [3.05, 3.63) is 0 Å². The molecule has 0 radical (unpaired) electrons. The van der Waals surface area contributed by atoms with E-state index in [1.165, 1.54) is 51.4 Å². The summed E-state index contributed by atoms with van der Waals surface area (Å²) in [4.78, 5) is 39.3. The van der Waals surface area contributed by atoms with Gasteiger partial charge in [-0.3, -0.25) is 9.59 Å². The number of nitrogens with zero attached hydrogens (tertiary/aromatic N) is 1. The van der Waals surface area contributed by atoms with Gasteiger partial charge < -0.3 is 15.0 Å². The van der Waals surface area contributed by atoms with E-state index in [0.29, 0.717) is 19.4 Å². The lowest BCUT2D eigenvalue weighted by atomic mass is 9.88. The van der Waals surface area contributed by atoms with Gasteiger partial charge in [-0.25, -0.2) is 0 Å². The van der Waals surface area contributed by atoms with Crippen LogP contribution < -0.4 is 5.32 Å². The van der Waals surface area contributed by atoms with Crippen molar-refractivity contribution in [2.24, 2.45) is 0 Å². The van der Waals surface area contributed by atoms with E-state index in [0.717, 1.165) is 51.4 Å². The van der Waals surface area contributed by atoms with Gasteiger partial charge >= 0.3 is 0 Å². The number of nitrogens with one attached hydrogen (secondary N) is 1. The normalized spacial score (nSPS) is 24.2. The molecule has 2 saturated heterocycles. The summed E-state index contributed by atoms with van der Waals surface area (Å²) in [7, 11) is 0. The van der Waals surface area contributed by atoms with E-state index in [1.54, 1.807) is 4.90 Å². The molecular formula is C24H42N2O3. The predicted octanol–water partition coefficient (Wildman–Crippen LogP) is 4.57. The Bertz CT molecular complexity index is 516. The van der Waals surface area contributed by atoms with Gasteiger partial charge in [0.25, 0.3) is 0 Å². The van der Waals surface area contributed by atoms with E-state index >= 15 is 0 Å². The largest absolute Gasteiger partial charge is 0.322 e. The number of rotatable bonds is 15. The fourth-order valence-electron chi connectivity index (χ4n) is 4.88. The van der Waals surface area contributed by atoms with Crippen molar-refractivity contribution in [1.29, 1.82) is 0 Å². The van der Waals surface area contributed by atoms with Crippen LogP contribution in [0.2, 0.25) is 0 Å². The number of unbranched alkanes of at least 4 members (excludes halogenated alkanes) is 10. The lowest BCUT2D eigenvalue weighted by Gasteiger charge is -2.34. The topological polar surface area (TPSA) is 66.5 Å². The van der Waals surface area contributed by atoms with Crippen LogP contribution in [-0.2, 0) is 14.4 Å². The Morgan fingerprint density at radius 1 is 0.966 bits per heavy atom. The van der Waals surface area contributed by atoms with Crippen molar-refractivity contribution in [3.8, 4) is 0 Å². The second-order valence-electron chi connectivity index (χ2n) is 8.99. The SMILES string of the molecule is CCCCCCCCCCCCCC(=O)[C@@]1(C=O)CCCN1C(=O)[C@@H]1CCCN1. The van der Waals surface area contributed by atoms with E-state index < -0.39 is 5.54 Å². The van der Waals surface area contributed by atoms with E-state index in [1.807, 2.05) is 0 Å². The summed E-state index contributed by atoms with van der Waals surface area (Å²) in [5, 5.41) is 3.21. The fraction of sp³-hybridized carbons (Fsp3) is 0.875. The number of carbonyl (C=O) groups is 3. The van der Waals surface area contributed by atoms with Gasteiger partial charge in [0.05, 0.1) is 6.04 Å². The molecular weight excluding hydrogens is 364 g/mol. The standard InChI is InChI=1S/C24H42N2O3/c1-2-3-4-5-6-7-8-9-10-11-12-16-22(28)24(20-27)17-14-19-26(24)23(29)21-15-13-18-25-21/h20-21,25H,2-19H2,1H3/t21-,24-/m0/s1. The first-order chi connectivity index (χ1) is 14.2.